The molecule has 3 saturated heterocycles. The Hall–Kier alpha value is -0.160. The second kappa shape index (κ2) is 6.99. The standard InChI is InChI=1S/C19H34N2O2/c1-20-12-17(14-23-13-16-2-3-16)19(15-20)6-8-21(9-7-19)18-4-10-22-11-5-18/h16-18H,2-15H2,1H3. The molecule has 4 nitrogen and oxygen atoms in total. The molecule has 0 N–H and O–H groups in total. The first-order chi connectivity index (χ1) is 11.3. The van der Waals surface area contributed by atoms with Gasteiger partial charge in [0.15, 0.2) is 0 Å². The molecule has 4 aliphatic rings. The van der Waals surface area contributed by atoms with E-state index in [2.05, 4.69) is 16.8 Å². The van der Waals surface area contributed by atoms with E-state index in [1.807, 2.05) is 0 Å². The van der Waals surface area contributed by atoms with Crippen LogP contribution >= 0.6 is 0 Å². The summed E-state index contributed by atoms with van der Waals surface area (Å²) < 4.78 is 11.6. The average molecular weight is 322 g/mol. The maximum absolute atomic E-state index is 6.10. The molecule has 0 amide bonds. The van der Waals surface area contributed by atoms with Crippen LogP contribution in [0.4, 0.5) is 0 Å². The minimum Gasteiger partial charge on any atom is -0.381 e. The van der Waals surface area contributed by atoms with Gasteiger partial charge in [0.05, 0.1) is 6.61 Å². The predicted molar refractivity (Wildman–Crippen MR) is 91.6 cm³/mol. The van der Waals surface area contributed by atoms with Gasteiger partial charge in [0.25, 0.3) is 0 Å². The van der Waals surface area contributed by atoms with Crippen molar-refractivity contribution < 1.29 is 9.47 Å². The summed E-state index contributed by atoms with van der Waals surface area (Å²) in [6, 6.07) is 0.782. The zero-order valence-corrected chi connectivity index (χ0v) is 14.8. The summed E-state index contributed by atoms with van der Waals surface area (Å²) in [4.78, 5) is 5.31. The van der Waals surface area contributed by atoms with E-state index in [1.54, 1.807) is 0 Å². The number of hydrogen-bond acceptors (Lipinski definition) is 4. The van der Waals surface area contributed by atoms with Gasteiger partial charge < -0.3 is 19.3 Å². The van der Waals surface area contributed by atoms with E-state index in [4.69, 9.17) is 9.47 Å². The van der Waals surface area contributed by atoms with E-state index >= 15 is 0 Å². The topological polar surface area (TPSA) is 24.9 Å². The highest BCUT2D eigenvalue weighted by atomic mass is 16.5. The van der Waals surface area contributed by atoms with Gasteiger partial charge in [-0.05, 0) is 70.0 Å². The predicted octanol–water partition coefficient (Wildman–Crippen LogP) is 2.24. The van der Waals surface area contributed by atoms with E-state index in [0.717, 1.165) is 44.3 Å². The van der Waals surface area contributed by atoms with Gasteiger partial charge in [-0.15, -0.1) is 0 Å². The lowest BCUT2D eigenvalue weighted by molar-refractivity contribution is -0.0163. The molecular weight excluding hydrogens is 288 g/mol. The molecule has 4 fully saturated rings. The average Bonchev–Trinajstić information content (AvgIpc) is 3.34. The molecule has 0 bridgehead atoms. The SMILES string of the molecule is CN1CC(COCC2CC2)C2(CCN(C3CCOCC3)CC2)C1. The van der Waals surface area contributed by atoms with Gasteiger partial charge in [-0.1, -0.05) is 0 Å². The van der Waals surface area contributed by atoms with Crippen molar-refractivity contribution in [3.05, 3.63) is 0 Å². The van der Waals surface area contributed by atoms with Crippen LogP contribution in [-0.2, 0) is 9.47 Å². The van der Waals surface area contributed by atoms with Crippen molar-refractivity contribution in [3.63, 3.8) is 0 Å². The molecule has 1 aliphatic carbocycles. The second-order valence-corrected chi connectivity index (χ2v) is 8.62. The normalized spacial score (nSPS) is 33.5. The van der Waals surface area contributed by atoms with Gasteiger partial charge in [-0.3, -0.25) is 0 Å². The molecule has 1 saturated carbocycles. The molecule has 0 aromatic rings. The van der Waals surface area contributed by atoms with Crippen LogP contribution in [0.1, 0.15) is 38.5 Å². The van der Waals surface area contributed by atoms with E-state index in [0.29, 0.717) is 5.41 Å². The van der Waals surface area contributed by atoms with Crippen LogP contribution in [-0.4, -0.2) is 75.5 Å². The fraction of sp³-hybridized carbons (Fsp3) is 1.00. The third kappa shape index (κ3) is 3.76. The van der Waals surface area contributed by atoms with E-state index in [9.17, 15) is 0 Å². The molecular formula is C19H34N2O2. The maximum Gasteiger partial charge on any atom is 0.0512 e. The first kappa shape index (κ1) is 16.3. The Morgan fingerprint density at radius 3 is 2.48 bits per heavy atom. The van der Waals surface area contributed by atoms with Crippen LogP contribution < -0.4 is 0 Å². The monoisotopic (exact) mass is 322 g/mol. The smallest absolute Gasteiger partial charge is 0.0512 e. The lowest BCUT2D eigenvalue weighted by Gasteiger charge is -2.46. The first-order valence-electron chi connectivity index (χ1n) is 9.83. The van der Waals surface area contributed by atoms with Crippen molar-refractivity contribution in [1.82, 2.24) is 9.80 Å². The van der Waals surface area contributed by atoms with Gasteiger partial charge >= 0.3 is 0 Å². The fourth-order valence-corrected chi connectivity index (χ4v) is 5.14. The molecule has 0 aromatic carbocycles. The summed E-state index contributed by atoms with van der Waals surface area (Å²) in [6.07, 6.45) is 8.01. The minimum absolute atomic E-state index is 0.528. The van der Waals surface area contributed by atoms with Crippen molar-refractivity contribution >= 4 is 0 Å². The molecule has 4 heteroatoms. The number of ether oxygens (including phenoxy) is 2. The third-order valence-corrected chi connectivity index (χ3v) is 6.85. The summed E-state index contributed by atoms with van der Waals surface area (Å²) >= 11 is 0. The molecule has 1 atom stereocenters. The van der Waals surface area contributed by atoms with E-state index in [-0.39, 0.29) is 0 Å². The molecule has 0 radical (unpaired) electrons. The van der Waals surface area contributed by atoms with Crippen LogP contribution in [0.2, 0.25) is 0 Å². The fourth-order valence-electron chi connectivity index (χ4n) is 5.14. The van der Waals surface area contributed by atoms with Gasteiger partial charge in [0, 0.05) is 44.9 Å². The lowest BCUT2D eigenvalue weighted by atomic mass is 9.71. The molecule has 0 aromatic heterocycles. The van der Waals surface area contributed by atoms with Gasteiger partial charge in [-0.2, -0.15) is 0 Å². The number of likely N-dealkylation sites (tertiary alicyclic amines) is 2. The summed E-state index contributed by atoms with van der Waals surface area (Å²) in [5.41, 5.74) is 0.528. The van der Waals surface area contributed by atoms with Crippen molar-refractivity contribution in [2.75, 3.05) is 59.7 Å². The van der Waals surface area contributed by atoms with Crippen LogP contribution in [0.15, 0.2) is 0 Å². The summed E-state index contributed by atoms with van der Waals surface area (Å²) in [6.45, 7) is 9.05. The largest absolute Gasteiger partial charge is 0.381 e. The van der Waals surface area contributed by atoms with Crippen LogP contribution in [0.3, 0.4) is 0 Å². The molecule has 132 valence electrons. The maximum atomic E-state index is 6.10. The number of piperidine rings is 1. The van der Waals surface area contributed by atoms with Crippen molar-refractivity contribution in [2.45, 2.75) is 44.6 Å². The van der Waals surface area contributed by atoms with Gasteiger partial charge in [-0.25, -0.2) is 0 Å². The summed E-state index contributed by atoms with van der Waals surface area (Å²) in [5.74, 6) is 1.64. The zero-order chi connectivity index (χ0) is 15.7. The highest BCUT2D eigenvalue weighted by Gasteiger charge is 2.47. The van der Waals surface area contributed by atoms with Crippen LogP contribution in [0, 0.1) is 17.3 Å². The minimum atomic E-state index is 0.528. The Bertz CT molecular complexity index is 385. The Morgan fingerprint density at radius 2 is 1.78 bits per heavy atom. The first-order valence-corrected chi connectivity index (χ1v) is 9.83. The Balaban J connectivity index is 1.31. The molecule has 4 rings (SSSR count). The molecule has 1 spiro atoms. The molecule has 3 heterocycles. The van der Waals surface area contributed by atoms with Crippen molar-refractivity contribution in [2.24, 2.45) is 17.3 Å². The summed E-state index contributed by atoms with van der Waals surface area (Å²) in [7, 11) is 2.30. The van der Waals surface area contributed by atoms with Gasteiger partial charge in [0.2, 0.25) is 0 Å². The highest BCUT2D eigenvalue weighted by Crippen LogP contribution is 2.45. The van der Waals surface area contributed by atoms with Crippen molar-refractivity contribution in [3.8, 4) is 0 Å². The molecule has 3 aliphatic heterocycles. The Kier molecular flexibility index (Phi) is 4.96. The van der Waals surface area contributed by atoms with Crippen molar-refractivity contribution in [1.29, 1.82) is 0 Å². The number of rotatable bonds is 5. The summed E-state index contributed by atoms with van der Waals surface area (Å²) in [5, 5.41) is 0. The third-order valence-electron chi connectivity index (χ3n) is 6.85. The van der Waals surface area contributed by atoms with Crippen LogP contribution in [0.5, 0.6) is 0 Å². The molecule has 1 unspecified atom stereocenters. The Morgan fingerprint density at radius 1 is 1.04 bits per heavy atom. The Labute approximate surface area is 141 Å². The number of hydrogen-bond donors (Lipinski definition) is 0. The van der Waals surface area contributed by atoms with Gasteiger partial charge in [0.1, 0.15) is 0 Å². The number of nitrogens with zero attached hydrogens (tertiary/aromatic N) is 2. The zero-order valence-electron chi connectivity index (χ0n) is 14.8. The quantitative estimate of drug-likeness (QED) is 0.775. The van der Waals surface area contributed by atoms with Crippen LogP contribution in [0.25, 0.3) is 0 Å². The van der Waals surface area contributed by atoms with E-state index in [1.165, 1.54) is 64.7 Å². The second-order valence-electron chi connectivity index (χ2n) is 8.62. The molecule has 23 heavy (non-hydrogen) atoms. The van der Waals surface area contributed by atoms with E-state index < -0.39 is 0 Å². The highest BCUT2D eigenvalue weighted by molar-refractivity contribution is 4.99. The lowest BCUT2D eigenvalue weighted by Crippen LogP contribution is -2.49.